The van der Waals surface area contributed by atoms with Crippen molar-refractivity contribution < 1.29 is 28.5 Å². The number of morpholine rings is 1. The number of rotatable bonds is 17. The monoisotopic (exact) mass is 812 g/mol. The van der Waals surface area contributed by atoms with Crippen LogP contribution in [0.25, 0.3) is 0 Å². The van der Waals surface area contributed by atoms with Gasteiger partial charge in [-0.25, -0.2) is 4.79 Å². The molecule has 1 saturated heterocycles. The maximum atomic E-state index is 14.6. The van der Waals surface area contributed by atoms with Crippen molar-refractivity contribution in [3.63, 3.8) is 0 Å². The molecule has 5 atom stereocenters. The van der Waals surface area contributed by atoms with E-state index in [0.717, 1.165) is 22.4 Å². The van der Waals surface area contributed by atoms with Crippen molar-refractivity contribution in [2.75, 3.05) is 13.2 Å². The van der Waals surface area contributed by atoms with E-state index in [1.165, 1.54) is 11.1 Å². The zero-order chi connectivity index (χ0) is 42.5. The molecular formula is C52H64N2O6. The van der Waals surface area contributed by atoms with Gasteiger partial charge < -0.3 is 23.7 Å². The normalized spacial score (nSPS) is 18.2. The summed E-state index contributed by atoms with van der Waals surface area (Å²) in [5.74, 6) is 0.790. The first-order valence-electron chi connectivity index (χ1n) is 21.3. The molecule has 1 aliphatic heterocycles. The van der Waals surface area contributed by atoms with E-state index >= 15 is 0 Å². The lowest BCUT2D eigenvalue weighted by molar-refractivity contribution is -0.239. The maximum Gasteiger partial charge on any atom is 0.411 e. The number of benzene rings is 5. The second-order valence-corrected chi connectivity index (χ2v) is 18.1. The Balaban J connectivity index is 1.46. The lowest BCUT2D eigenvalue weighted by Crippen LogP contribution is -2.66. The van der Waals surface area contributed by atoms with E-state index in [1.807, 2.05) is 87.2 Å². The summed E-state index contributed by atoms with van der Waals surface area (Å²) in [4.78, 5) is 19.0. The molecule has 3 unspecified atom stereocenters. The molecule has 5 aromatic rings. The molecule has 0 saturated carbocycles. The molecule has 8 heteroatoms. The van der Waals surface area contributed by atoms with Crippen LogP contribution in [-0.2, 0) is 51.7 Å². The van der Waals surface area contributed by atoms with Gasteiger partial charge >= 0.3 is 6.09 Å². The highest BCUT2D eigenvalue weighted by Gasteiger charge is 2.48. The van der Waals surface area contributed by atoms with Crippen LogP contribution in [0, 0.1) is 5.41 Å². The van der Waals surface area contributed by atoms with Gasteiger partial charge in [-0.05, 0) is 79.5 Å². The minimum absolute atomic E-state index is 0.0994. The van der Waals surface area contributed by atoms with Gasteiger partial charge in [0.15, 0.2) is 6.29 Å². The summed E-state index contributed by atoms with van der Waals surface area (Å²) >= 11 is 0. The predicted molar refractivity (Wildman–Crippen MR) is 238 cm³/mol. The van der Waals surface area contributed by atoms with Crippen LogP contribution in [0.1, 0.15) is 76.3 Å². The Labute approximate surface area is 358 Å². The Kier molecular flexibility index (Phi) is 15.6. The molecule has 1 aliphatic rings. The predicted octanol–water partition coefficient (Wildman–Crippen LogP) is 10.9. The standard InChI is InChI=1S/C52H64N2O6/c1-39-49(59-38-51(2,3)4)58-37-47(54(39)50(55)60-52(5,6)7)48(57-36-43-27-18-11-19-28-43)46(32-44-29-20-30-45(31-44)56-35-42-25-16-10-17-26-42)53(33-40-21-12-8-13-22-40)34-41-23-14-9-15-24-41/h8-31,39,46-49H,32-38H2,1-7H3/t39?,46-,47?,48-,49?/m0/s1. The van der Waals surface area contributed by atoms with Gasteiger partial charge in [-0.15, -0.1) is 0 Å². The molecule has 1 heterocycles. The fraction of sp³-hybridized carbons (Fsp3) is 0.404. The van der Waals surface area contributed by atoms with Gasteiger partial charge in [-0.2, -0.15) is 0 Å². The smallest absolute Gasteiger partial charge is 0.411 e. The van der Waals surface area contributed by atoms with Crippen molar-refractivity contribution in [3.8, 4) is 5.75 Å². The van der Waals surface area contributed by atoms with Crippen molar-refractivity contribution in [1.82, 2.24) is 9.80 Å². The third-order valence-corrected chi connectivity index (χ3v) is 10.5. The summed E-state index contributed by atoms with van der Waals surface area (Å²) < 4.78 is 32.9. The average molecular weight is 813 g/mol. The fourth-order valence-corrected chi connectivity index (χ4v) is 7.60. The average Bonchev–Trinajstić information content (AvgIpc) is 3.22. The van der Waals surface area contributed by atoms with Gasteiger partial charge in [0.2, 0.25) is 0 Å². The Morgan fingerprint density at radius 2 is 1.22 bits per heavy atom. The molecule has 0 radical (unpaired) electrons. The minimum Gasteiger partial charge on any atom is -0.489 e. The van der Waals surface area contributed by atoms with Crippen LogP contribution in [0.5, 0.6) is 5.75 Å². The topological polar surface area (TPSA) is 69.7 Å². The molecule has 0 bridgehead atoms. The van der Waals surface area contributed by atoms with E-state index < -0.39 is 36.2 Å². The molecule has 0 N–H and O–H groups in total. The van der Waals surface area contributed by atoms with Crippen LogP contribution >= 0.6 is 0 Å². The highest BCUT2D eigenvalue weighted by molar-refractivity contribution is 5.69. The number of ether oxygens (including phenoxy) is 5. The minimum atomic E-state index is -0.728. The van der Waals surface area contributed by atoms with Crippen molar-refractivity contribution in [1.29, 1.82) is 0 Å². The van der Waals surface area contributed by atoms with Gasteiger partial charge in [-0.3, -0.25) is 9.80 Å². The van der Waals surface area contributed by atoms with Crippen LogP contribution in [0.15, 0.2) is 146 Å². The third kappa shape index (κ3) is 13.5. The molecule has 60 heavy (non-hydrogen) atoms. The number of hydrogen-bond acceptors (Lipinski definition) is 7. The van der Waals surface area contributed by atoms with Gasteiger partial charge in [0.1, 0.15) is 18.0 Å². The Morgan fingerprint density at radius 1 is 0.700 bits per heavy atom. The van der Waals surface area contributed by atoms with E-state index in [9.17, 15) is 4.79 Å². The Bertz CT molecular complexity index is 1980. The fourth-order valence-electron chi connectivity index (χ4n) is 7.60. The molecule has 0 spiro atoms. The van der Waals surface area contributed by atoms with Crippen LogP contribution in [-0.4, -0.2) is 65.2 Å². The van der Waals surface area contributed by atoms with Crippen LogP contribution < -0.4 is 4.74 Å². The van der Waals surface area contributed by atoms with Crippen LogP contribution in [0.4, 0.5) is 4.79 Å². The summed E-state index contributed by atoms with van der Waals surface area (Å²) in [6.07, 6.45) is -1.03. The van der Waals surface area contributed by atoms with E-state index in [0.29, 0.717) is 39.3 Å². The summed E-state index contributed by atoms with van der Waals surface area (Å²) in [6, 6.07) is 48.6. The number of carbonyl (C=O) groups excluding carboxylic acids is 1. The molecule has 0 aliphatic carbocycles. The molecule has 8 nitrogen and oxygen atoms in total. The number of hydrogen-bond donors (Lipinski definition) is 0. The quantitative estimate of drug-likeness (QED) is 0.0926. The lowest BCUT2D eigenvalue weighted by Gasteiger charge is -2.50. The lowest BCUT2D eigenvalue weighted by atomic mass is 9.91. The summed E-state index contributed by atoms with van der Waals surface area (Å²) in [7, 11) is 0. The summed E-state index contributed by atoms with van der Waals surface area (Å²) in [5, 5.41) is 0. The van der Waals surface area contributed by atoms with E-state index in [2.05, 4.69) is 117 Å². The first-order valence-corrected chi connectivity index (χ1v) is 21.3. The van der Waals surface area contributed by atoms with E-state index in [4.69, 9.17) is 23.7 Å². The van der Waals surface area contributed by atoms with Crippen molar-refractivity contribution in [3.05, 3.63) is 173 Å². The number of amides is 1. The number of carbonyl (C=O) groups is 1. The highest BCUT2D eigenvalue weighted by atomic mass is 16.7. The Morgan fingerprint density at radius 3 is 1.75 bits per heavy atom. The van der Waals surface area contributed by atoms with Gasteiger partial charge in [0.05, 0.1) is 38.0 Å². The van der Waals surface area contributed by atoms with Crippen molar-refractivity contribution in [2.45, 2.75) is 117 Å². The van der Waals surface area contributed by atoms with Gasteiger partial charge in [-0.1, -0.05) is 154 Å². The van der Waals surface area contributed by atoms with E-state index in [-0.39, 0.29) is 18.1 Å². The second kappa shape index (κ2) is 21.0. The zero-order valence-corrected chi connectivity index (χ0v) is 36.5. The maximum absolute atomic E-state index is 14.6. The van der Waals surface area contributed by atoms with Crippen molar-refractivity contribution in [2.24, 2.45) is 5.41 Å². The highest BCUT2D eigenvalue weighted by Crippen LogP contribution is 2.33. The van der Waals surface area contributed by atoms with Crippen LogP contribution in [0.3, 0.4) is 0 Å². The van der Waals surface area contributed by atoms with Crippen LogP contribution in [0.2, 0.25) is 0 Å². The molecule has 318 valence electrons. The molecule has 6 rings (SSSR count). The number of nitrogens with zero attached hydrogens (tertiary/aromatic N) is 2. The van der Waals surface area contributed by atoms with Gasteiger partial charge in [0.25, 0.3) is 0 Å². The SMILES string of the molecule is CC1C(OCC(C)(C)C)OCC([C@@H](OCc2ccccc2)[C@H](Cc2cccc(OCc3ccccc3)c2)N(Cc2ccccc2)Cc2ccccc2)N1C(=O)OC(C)(C)C. The largest absolute Gasteiger partial charge is 0.489 e. The molecule has 1 amide bonds. The second-order valence-electron chi connectivity index (χ2n) is 18.1. The molecule has 1 fully saturated rings. The van der Waals surface area contributed by atoms with E-state index in [1.54, 1.807) is 0 Å². The molecule has 5 aromatic carbocycles. The van der Waals surface area contributed by atoms with Crippen molar-refractivity contribution >= 4 is 6.09 Å². The Hall–Kier alpha value is -4.99. The first kappa shape index (κ1) is 44.6. The third-order valence-electron chi connectivity index (χ3n) is 10.5. The van der Waals surface area contributed by atoms with Gasteiger partial charge in [0, 0.05) is 19.1 Å². The zero-order valence-electron chi connectivity index (χ0n) is 36.5. The summed E-state index contributed by atoms with van der Waals surface area (Å²) in [5.41, 5.74) is 4.75. The summed E-state index contributed by atoms with van der Waals surface area (Å²) in [6.45, 7) is 16.8. The molecule has 0 aromatic heterocycles. The molecular weight excluding hydrogens is 749 g/mol. The first-order chi connectivity index (χ1) is 28.8.